The van der Waals surface area contributed by atoms with E-state index in [0.717, 1.165) is 57.9 Å². The summed E-state index contributed by atoms with van der Waals surface area (Å²) in [6.45, 7) is 7.15. The number of rotatable bonds is 36. The van der Waals surface area contributed by atoms with Gasteiger partial charge in [0.25, 0.3) is 0 Å². The standard InChI is InChI=1S/C43H82NO3.ClH/c1-6-9-11-13-15-17-19-21-23-25-27-29-31-33-35-37-41(46)40(39-45)43(44(4,5)8-3)42(47)38-36-34-32-30-28-26-24-22-20-18-16-14-12-10-7-2;/h21-24,40,43,45H,6-20,25-39H2,1-5H3;1H/q+1;/p-1/b23-21-,24-22-;. The minimum absolute atomic E-state index is 0. The van der Waals surface area contributed by atoms with Crippen LogP contribution in [0, 0.1) is 5.92 Å². The van der Waals surface area contributed by atoms with Crippen LogP contribution in [-0.4, -0.2) is 54.4 Å². The van der Waals surface area contributed by atoms with Gasteiger partial charge in [0, 0.05) is 12.8 Å². The fourth-order valence-electron chi connectivity index (χ4n) is 6.75. The van der Waals surface area contributed by atoms with Crippen LogP contribution >= 0.6 is 0 Å². The highest BCUT2D eigenvalue weighted by Gasteiger charge is 2.42. The number of nitrogens with zero attached hydrogens (tertiary/aromatic N) is 1. The molecule has 0 radical (unpaired) electrons. The number of Topliss-reactive ketones (excluding diaryl/α,β-unsaturated/α-hetero) is 2. The van der Waals surface area contributed by atoms with Crippen molar-refractivity contribution in [2.75, 3.05) is 27.2 Å². The summed E-state index contributed by atoms with van der Waals surface area (Å²) in [4.78, 5) is 26.8. The molecule has 0 aliphatic carbocycles. The molecule has 2 unspecified atom stereocenters. The van der Waals surface area contributed by atoms with Crippen molar-refractivity contribution in [3.05, 3.63) is 24.3 Å². The third-order valence-corrected chi connectivity index (χ3v) is 10.3. The number of halogens is 1. The summed E-state index contributed by atoms with van der Waals surface area (Å²) < 4.78 is 0.466. The molecular formula is C43H82ClNO3. The van der Waals surface area contributed by atoms with Crippen LogP contribution in [-0.2, 0) is 9.59 Å². The Kier molecular flexibility index (Phi) is 36.7. The number of ketones is 2. The molecule has 284 valence electrons. The maximum absolute atomic E-state index is 13.5. The average molecular weight is 697 g/mol. The zero-order valence-corrected chi connectivity index (χ0v) is 33.5. The zero-order valence-electron chi connectivity index (χ0n) is 32.8. The Hall–Kier alpha value is -0.970. The predicted molar refractivity (Wildman–Crippen MR) is 206 cm³/mol. The molecule has 0 aromatic rings. The van der Waals surface area contributed by atoms with E-state index >= 15 is 0 Å². The smallest absolute Gasteiger partial charge is 0.190 e. The molecule has 0 aromatic carbocycles. The SMILES string of the molecule is CCCCCCCC/C=C\CCCCCCCC(=O)C(CO)C(C(=O)CCCCCCC/C=C\CCCCCCCC)[N+](C)(C)CC.[Cl-]. The molecule has 0 heterocycles. The number of carbonyl (C=O) groups excluding carboxylic acids is 2. The van der Waals surface area contributed by atoms with Crippen LogP contribution in [0.2, 0.25) is 0 Å². The van der Waals surface area contributed by atoms with Gasteiger partial charge in [0.1, 0.15) is 11.7 Å². The number of aliphatic hydroxyl groups is 1. The van der Waals surface area contributed by atoms with Gasteiger partial charge in [0.2, 0.25) is 0 Å². The molecule has 0 spiro atoms. The highest BCUT2D eigenvalue weighted by atomic mass is 35.5. The van der Waals surface area contributed by atoms with Crippen molar-refractivity contribution in [1.82, 2.24) is 0 Å². The maximum atomic E-state index is 13.5. The van der Waals surface area contributed by atoms with E-state index in [0.29, 0.717) is 17.3 Å². The third kappa shape index (κ3) is 27.8. The summed E-state index contributed by atoms with van der Waals surface area (Å²) in [5.41, 5.74) is 0. The first kappa shape index (κ1) is 49.1. The normalized spacial score (nSPS) is 13.3. The van der Waals surface area contributed by atoms with Crippen molar-refractivity contribution < 1.29 is 31.6 Å². The van der Waals surface area contributed by atoms with Crippen molar-refractivity contribution >= 4 is 11.6 Å². The van der Waals surface area contributed by atoms with E-state index in [2.05, 4.69) is 45.1 Å². The molecular weight excluding hydrogens is 614 g/mol. The number of aliphatic hydroxyl groups excluding tert-OH is 1. The van der Waals surface area contributed by atoms with E-state index in [4.69, 9.17) is 0 Å². The molecule has 1 N–H and O–H groups in total. The second kappa shape index (κ2) is 35.8. The number of hydrogen-bond acceptors (Lipinski definition) is 3. The third-order valence-electron chi connectivity index (χ3n) is 10.3. The fourth-order valence-corrected chi connectivity index (χ4v) is 6.75. The number of carbonyl (C=O) groups is 2. The Labute approximate surface area is 306 Å². The maximum Gasteiger partial charge on any atom is 0.190 e. The predicted octanol–water partition coefficient (Wildman–Crippen LogP) is 9.28. The van der Waals surface area contributed by atoms with Crippen molar-refractivity contribution in [1.29, 1.82) is 0 Å². The molecule has 0 aromatic heterocycles. The lowest BCUT2D eigenvalue weighted by Gasteiger charge is -2.39. The number of hydrogen-bond donors (Lipinski definition) is 1. The van der Waals surface area contributed by atoms with Crippen LogP contribution in [0.1, 0.15) is 201 Å². The van der Waals surface area contributed by atoms with E-state index in [-0.39, 0.29) is 30.6 Å². The van der Waals surface area contributed by atoms with Crippen LogP contribution < -0.4 is 12.4 Å². The van der Waals surface area contributed by atoms with E-state index in [1.165, 1.54) is 116 Å². The molecule has 0 saturated heterocycles. The summed E-state index contributed by atoms with van der Waals surface area (Å²) in [5.74, 6) is -0.350. The first-order chi connectivity index (χ1) is 22.9. The molecule has 2 atom stereocenters. The average Bonchev–Trinajstić information content (AvgIpc) is 3.06. The van der Waals surface area contributed by atoms with Gasteiger partial charge in [-0.3, -0.25) is 9.59 Å². The molecule has 5 heteroatoms. The summed E-state index contributed by atoms with van der Waals surface area (Å²) in [5, 5.41) is 10.3. The van der Waals surface area contributed by atoms with Crippen LogP contribution in [0.4, 0.5) is 0 Å². The lowest BCUT2D eigenvalue weighted by atomic mass is 9.86. The second-order valence-electron chi connectivity index (χ2n) is 14.9. The van der Waals surface area contributed by atoms with Crippen LogP contribution in [0.5, 0.6) is 0 Å². The Morgan fingerprint density at radius 2 is 0.812 bits per heavy atom. The Morgan fingerprint density at radius 3 is 1.15 bits per heavy atom. The minimum atomic E-state index is -0.586. The van der Waals surface area contributed by atoms with Gasteiger partial charge in [0.05, 0.1) is 27.2 Å². The number of quaternary nitrogens is 1. The topological polar surface area (TPSA) is 54.4 Å². The van der Waals surface area contributed by atoms with Crippen molar-refractivity contribution in [3.8, 4) is 0 Å². The zero-order chi connectivity index (χ0) is 34.9. The van der Waals surface area contributed by atoms with Crippen LogP contribution in [0.3, 0.4) is 0 Å². The molecule has 0 bridgehead atoms. The number of unbranched alkanes of at least 4 members (excludes halogenated alkanes) is 22. The van der Waals surface area contributed by atoms with Gasteiger partial charge in [-0.1, -0.05) is 141 Å². The lowest BCUT2D eigenvalue weighted by Crippen LogP contribution is -3.00. The summed E-state index contributed by atoms with van der Waals surface area (Å²) in [6, 6.07) is -0.447. The summed E-state index contributed by atoms with van der Waals surface area (Å²) in [7, 11) is 4.08. The van der Waals surface area contributed by atoms with Crippen LogP contribution in [0.15, 0.2) is 24.3 Å². The van der Waals surface area contributed by atoms with E-state index in [9.17, 15) is 14.7 Å². The van der Waals surface area contributed by atoms with Gasteiger partial charge >= 0.3 is 0 Å². The van der Waals surface area contributed by atoms with E-state index in [1.807, 2.05) is 14.1 Å². The Morgan fingerprint density at radius 1 is 0.500 bits per heavy atom. The molecule has 0 rings (SSSR count). The second-order valence-corrected chi connectivity index (χ2v) is 14.9. The highest BCUT2D eigenvalue weighted by molar-refractivity contribution is 5.91. The van der Waals surface area contributed by atoms with Gasteiger partial charge in [-0.2, -0.15) is 0 Å². The highest BCUT2D eigenvalue weighted by Crippen LogP contribution is 2.24. The van der Waals surface area contributed by atoms with E-state index < -0.39 is 12.0 Å². The fraction of sp³-hybridized carbons (Fsp3) is 0.860. The molecule has 4 nitrogen and oxygen atoms in total. The molecule has 0 fully saturated rings. The molecule has 0 amide bonds. The first-order valence-electron chi connectivity index (χ1n) is 20.6. The van der Waals surface area contributed by atoms with Gasteiger partial charge < -0.3 is 22.0 Å². The quantitative estimate of drug-likeness (QED) is 0.0404. The van der Waals surface area contributed by atoms with Gasteiger partial charge in [-0.05, 0) is 71.1 Å². The molecule has 48 heavy (non-hydrogen) atoms. The van der Waals surface area contributed by atoms with Gasteiger partial charge in [-0.15, -0.1) is 0 Å². The summed E-state index contributed by atoms with van der Waals surface area (Å²) in [6.07, 6.45) is 42.5. The van der Waals surface area contributed by atoms with Crippen molar-refractivity contribution in [2.45, 2.75) is 207 Å². The Balaban J connectivity index is 0. The first-order valence-corrected chi connectivity index (χ1v) is 20.6. The Bertz CT molecular complexity index is 778. The van der Waals surface area contributed by atoms with E-state index in [1.54, 1.807) is 0 Å². The van der Waals surface area contributed by atoms with Crippen molar-refractivity contribution in [2.24, 2.45) is 5.92 Å². The van der Waals surface area contributed by atoms with Gasteiger partial charge in [-0.25, -0.2) is 0 Å². The lowest BCUT2D eigenvalue weighted by molar-refractivity contribution is -0.906. The van der Waals surface area contributed by atoms with Crippen LogP contribution in [0.25, 0.3) is 0 Å². The number of likely N-dealkylation sites (N-methyl/N-ethyl adjacent to an activating group) is 1. The monoisotopic (exact) mass is 696 g/mol. The molecule has 0 aliphatic heterocycles. The molecule has 0 saturated carbocycles. The van der Waals surface area contributed by atoms with Crippen molar-refractivity contribution in [3.63, 3.8) is 0 Å². The summed E-state index contributed by atoms with van der Waals surface area (Å²) >= 11 is 0. The number of allylic oxidation sites excluding steroid dienone is 4. The molecule has 0 aliphatic rings. The van der Waals surface area contributed by atoms with Gasteiger partial charge in [0.15, 0.2) is 11.8 Å². The minimum Gasteiger partial charge on any atom is -1.00 e. The largest absolute Gasteiger partial charge is 1.00 e.